The van der Waals surface area contributed by atoms with Gasteiger partial charge in [-0.05, 0) is 48.9 Å². The first-order valence-electron chi connectivity index (χ1n) is 8.46. The molecule has 0 spiro atoms. The number of carbonyl (C=O) groups is 1. The van der Waals surface area contributed by atoms with Crippen molar-refractivity contribution in [3.05, 3.63) is 66.4 Å². The van der Waals surface area contributed by atoms with Crippen LogP contribution in [0.25, 0.3) is 0 Å². The lowest BCUT2D eigenvalue weighted by atomic mass is 10.1. The van der Waals surface area contributed by atoms with Crippen molar-refractivity contribution in [2.45, 2.75) is 6.92 Å². The number of carbonyl (C=O) groups excluding carboxylic acids is 1. The van der Waals surface area contributed by atoms with Crippen molar-refractivity contribution in [3.8, 4) is 5.75 Å². The number of benzene rings is 1. The van der Waals surface area contributed by atoms with Gasteiger partial charge in [0.1, 0.15) is 18.2 Å². The number of anilines is 1. The van der Waals surface area contributed by atoms with E-state index in [0.29, 0.717) is 25.3 Å². The van der Waals surface area contributed by atoms with E-state index in [0.717, 1.165) is 30.2 Å². The molecule has 1 aliphatic heterocycles. The Morgan fingerprint density at radius 2 is 1.84 bits per heavy atom. The summed E-state index contributed by atoms with van der Waals surface area (Å²) >= 11 is 0. The lowest BCUT2D eigenvalue weighted by molar-refractivity contribution is 0.0746. The second kappa shape index (κ2) is 7.83. The standard InChI is InChI=1S/C20H23N3O2/c1-16(2)15-25-18-8-6-17(7-9-18)20(24)23-13-11-22(12-14-23)19-5-3-4-10-21-19/h3-10H,1,11-15H2,2H3. The summed E-state index contributed by atoms with van der Waals surface area (Å²) in [6.45, 7) is 9.20. The summed E-state index contributed by atoms with van der Waals surface area (Å²) in [7, 11) is 0. The molecule has 0 aliphatic carbocycles. The number of nitrogens with zero attached hydrogens (tertiary/aromatic N) is 3. The second-order valence-corrected chi connectivity index (χ2v) is 6.24. The van der Waals surface area contributed by atoms with Crippen molar-refractivity contribution in [3.63, 3.8) is 0 Å². The van der Waals surface area contributed by atoms with Crippen LogP contribution in [0.2, 0.25) is 0 Å². The maximum atomic E-state index is 12.7. The van der Waals surface area contributed by atoms with Crippen LogP contribution >= 0.6 is 0 Å². The molecule has 1 fully saturated rings. The molecule has 0 unspecified atom stereocenters. The highest BCUT2D eigenvalue weighted by Crippen LogP contribution is 2.17. The van der Waals surface area contributed by atoms with Crippen molar-refractivity contribution in [1.82, 2.24) is 9.88 Å². The van der Waals surface area contributed by atoms with Gasteiger partial charge in [0.25, 0.3) is 5.91 Å². The predicted octanol–water partition coefficient (Wildman–Crippen LogP) is 3.00. The van der Waals surface area contributed by atoms with Crippen LogP contribution in [0.4, 0.5) is 5.82 Å². The maximum absolute atomic E-state index is 12.7. The number of hydrogen-bond acceptors (Lipinski definition) is 4. The van der Waals surface area contributed by atoms with Gasteiger partial charge in [0.05, 0.1) is 0 Å². The average Bonchev–Trinajstić information content (AvgIpc) is 2.67. The highest BCUT2D eigenvalue weighted by molar-refractivity contribution is 5.94. The molecule has 5 nitrogen and oxygen atoms in total. The van der Waals surface area contributed by atoms with Gasteiger partial charge in [-0.15, -0.1) is 0 Å². The van der Waals surface area contributed by atoms with Gasteiger partial charge in [0, 0.05) is 37.9 Å². The van der Waals surface area contributed by atoms with Gasteiger partial charge >= 0.3 is 0 Å². The third-order valence-corrected chi connectivity index (χ3v) is 4.13. The van der Waals surface area contributed by atoms with Gasteiger partial charge < -0.3 is 14.5 Å². The zero-order chi connectivity index (χ0) is 17.6. The quantitative estimate of drug-likeness (QED) is 0.787. The highest BCUT2D eigenvalue weighted by atomic mass is 16.5. The van der Waals surface area contributed by atoms with Gasteiger partial charge in [0.2, 0.25) is 0 Å². The van der Waals surface area contributed by atoms with E-state index in [1.807, 2.05) is 54.3 Å². The first-order valence-corrected chi connectivity index (χ1v) is 8.46. The molecular formula is C20H23N3O2. The molecule has 1 aliphatic rings. The van der Waals surface area contributed by atoms with Crippen LogP contribution in [-0.4, -0.2) is 48.6 Å². The molecule has 0 N–H and O–H groups in total. The number of hydrogen-bond donors (Lipinski definition) is 0. The van der Waals surface area contributed by atoms with Crippen LogP contribution < -0.4 is 9.64 Å². The topological polar surface area (TPSA) is 45.7 Å². The SMILES string of the molecule is C=C(C)COc1ccc(C(=O)N2CCN(c3ccccn3)CC2)cc1. The molecule has 5 heteroatoms. The van der Waals surface area contributed by atoms with Crippen molar-refractivity contribution in [2.24, 2.45) is 0 Å². The largest absolute Gasteiger partial charge is 0.489 e. The van der Waals surface area contributed by atoms with Gasteiger partial charge in [-0.3, -0.25) is 4.79 Å². The minimum atomic E-state index is 0.0622. The fourth-order valence-corrected chi connectivity index (χ4v) is 2.76. The van der Waals surface area contributed by atoms with Crippen molar-refractivity contribution >= 4 is 11.7 Å². The lowest BCUT2D eigenvalue weighted by Crippen LogP contribution is -2.49. The summed E-state index contributed by atoms with van der Waals surface area (Å²) in [5, 5.41) is 0. The molecular weight excluding hydrogens is 314 g/mol. The second-order valence-electron chi connectivity index (χ2n) is 6.24. The Balaban J connectivity index is 1.56. The third kappa shape index (κ3) is 4.38. The Bertz CT molecular complexity index is 720. The van der Waals surface area contributed by atoms with E-state index in [-0.39, 0.29) is 5.91 Å². The van der Waals surface area contributed by atoms with Crippen molar-refractivity contribution in [1.29, 1.82) is 0 Å². The van der Waals surface area contributed by atoms with Gasteiger partial charge in [-0.1, -0.05) is 12.6 Å². The van der Waals surface area contributed by atoms with E-state index < -0.39 is 0 Å². The van der Waals surface area contributed by atoms with E-state index in [1.165, 1.54) is 0 Å². The summed E-state index contributed by atoms with van der Waals surface area (Å²) in [5.74, 6) is 1.78. The molecule has 1 aromatic carbocycles. The molecule has 0 bridgehead atoms. The molecule has 0 radical (unpaired) electrons. The summed E-state index contributed by atoms with van der Waals surface area (Å²) in [5.41, 5.74) is 1.65. The molecule has 1 aromatic heterocycles. The normalized spacial score (nSPS) is 14.3. The number of piperazine rings is 1. The summed E-state index contributed by atoms with van der Waals surface area (Å²) in [4.78, 5) is 21.1. The Morgan fingerprint density at radius 3 is 2.44 bits per heavy atom. The average molecular weight is 337 g/mol. The zero-order valence-electron chi connectivity index (χ0n) is 14.5. The fraction of sp³-hybridized carbons (Fsp3) is 0.300. The minimum absolute atomic E-state index is 0.0622. The predicted molar refractivity (Wildman–Crippen MR) is 99.1 cm³/mol. The van der Waals surface area contributed by atoms with Crippen molar-refractivity contribution < 1.29 is 9.53 Å². The number of rotatable bonds is 5. The van der Waals surface area contributed by atoms with Gasteiger partial charge in [-0.2, -0.15) is 0 Å². The Morgan fingerprint density at radius 1 is 1.12 bits per heavy atom. The van der Waals surface area contributed by atoms with Crippen LogP contribution in [0.3, 0.4) is 0 Å². The Hall–Kier alpha value is -2.82. The van der Waals surface area contributed by atoms with E-state index >= 15 is 0 Å². The fourth-order valence-electron chi connectivity index (χ4n) is 2.76. The third-order valence-electron chi connectivity index (χ3n) is 4.13. The zero-order valence-corrected chi connectivity index (χ0v) is 14.5. The minimum Gasteiger partial charge on any atom is -0.489 e. The number of ether oxygens (including phenoxy) is 1. The number of aromatic nitrogens is 1. The van der Waals surface area contributed by atoms with E-state index in [9.17, 15) is 4.79 Å². The van der Waals surface area contributed by atoms with Crippen molar-refractivity contribution in [2.75, 3.05) is 37.7 Å². The van der Waals surface area contributed by atoms with Gasteiger partial charge in [-0.25, -0.2) is 4.98 Å². The van der Waals surface area contributed by atoms with Crippen LogP contribution in [0, 0.1) is 0 Å². The highest BCUT2D eigenvalue weighted by Gasteiger charge is 2.22. The summed E-state index contributed by atoms with van der Waals surface area (Å²) < 4.78 is 5.57. The van der Waals surface area contributed by atoms with Crippen LogP contribution in [0.5, 0.6) is 5.75 Å². The van der Waals surface area contributed by atoms with Gasteiger partial charge in [0.15, 0.2) is 0 Å². The van der Waals surface area contributed by atoms with E-state index in [1.54, 1.807) is 6.20 Å². The molecule has 3 rings (SSSR count). The maximum Gasteiger partial charge on any atom is 0.253 e. The first kappa shape index (κ1) is 17.0. The van der Waals surface area contributed by atoms with Crippen LogP contribution in [0.15, 0.2) is 60.8 Å². The Labute approximate surface area is 148 Å². The van der Waals surface area contributed by atoms with Crippen LogP contribution in [0.1, 0.15) is 17.3 Å². The summed E-state index contributed by atoms with van der Waals surface area (Å²) in [6, 6.07) is 13.2. The molecule has 0 atom stereocenters. The number of pyridine rings is 1. The molecule has 0 saturated carbocycles. The molecule has 2 aromatic rings. The molecule has 1 saturated heterocycles. The van der Waals surface area contributed by atoms with Crippen LogP contribution in [-0.2, 0) is 0 Å². The molecule has 1 amide bonds. The first-order chi connectivity index (χ1) is 12.1. The monoisotopic (exact) mass is 337 g/mol. The number of amides is 1. The molecule has 2 heterocycles. The van der Waals surface area contributed by atoms with E-state index in [4.69, 9.17) is 4.74 Å². The smallest absolute Gasteiger partial charge is 0.253 e. The summed E-state index contributed by atoms with van der Waals surface area (Å²) in [6.07, 6.45) is 1.80. The molecule has 130 valence electrons. The lowest BCUT2D eigenvalue weighted by Gasteiger charge is -2.35. The molecule has 25 heavy (non-hydrogen) atoms. The van der Waals surface area contributed by atoms with E-state index in [2.05, 4.69) is 16.5 Å². The Kier molecular flexibility index (Phi) is 5.33.